The van der Waals surface area contributed by atoms with E-state index in [4.69, 9.17) is 0 Å². The Hall–Kier alpha value is -2.13. The van der Waals surface area contributed by atoms with E-state index < -0.39 is 5.60 Å². The fourth-order valence-corrected chi connectivity index (χ4v) is 2.62. The molecule has 0 aromatic heterocycles. The highest BCUT2D eigenvalue weighted by Gasteiger charge is 2.16. The van der Waals surface area contributed by atoms with Crippen LogP contribution in [-0.2, 0) is 13.0 Å². The van der Waals surface area contributed by atoms with E-state index in [2.05, 4.69) is 0 Å². The van der Waals surface area contributed by atoms with Crippen LogP contribution < -0.4 is 0 Å². The van der Waals surface area contributed by atoms with Gasteiger partial charge in [-0.25, -0.2) is 0 Å². The predicted molar refractivity (Wildman–Crippen MR) is 97.9 cm³/mol. The normalized spacial score (nSPS) is 11.3. The van der Waals surface area contributed by atoms with E-state index in [1.165, 1.54) is 0 Å². The summed E-state index contributed by atoms with van der Waals surface area (Å²) in [5.74, 6) is 0.0476. The van der Waals surface area contributed by atoms with Crippen LogP contribution >= 0.6 is 0 Å². The number of aliphatic hydroxyl groups is 1. The molecule has 2 aromatic rings. The molecule has 0 aliphatic rings. The molecule has 0 radical (unpaired) electrons. The molecule has 0 aliphatic carbocycles. The summed E-state index contributed by atoms with van der Waals surface area (Å²) in [5.41, 5.74) is 2.23. The summed E-state index contributed by atoms with van der Waals surface area (Å²) in [5, 5.41) is 9.87. The van der Waals surface area contributed by atoms with Crippen LogP contribution in [0, 0.1) is 0 Å². The van der Waals surface area contributed by atoms with Crippen LogP contribution in [0.1, 0.15) is 48.7 Å². The Bertz CT molecular complexity index is 659. The van der Waals surface area contributed by atoms with Crippen molar-refractivity contribution in [1.29, 1.82) is 0 Å². The maximum Gasteiger partial charge on any atom is 0.254 e. The highest BCUT2D eigenvalue weighted by atomic mass is 16.3. The van der Waals surface area contributed by atoms with Crippen molar-refractivity contribution >= 4 is 5.91 Å². The first-order valence-corrected chi connectivity index (χ1v) is 8.53. The summed E-state index contributed by atoms with van der Waals surface area (Å²) < 4.78 is 0. The molecule has 0 saturated carbocycles. The van der Waals surface area contributed by atoms with E-state index >= 15 is 0 Å². The Kier molecular flexibility index (Phi) is 6.16. The molecule has 2 aromatic carbocycles. The maximum atomic E-state index is 12.8. The minimum atomic E-state index is -0.692. The topological polar surface area (TPSA) is 40.5 Å². The highest BCUT2D eigenvalue weighted by Crippen LogP contribution is 2.16. The maximum absolute atomic E-state index is 12.8. The SMILES string of the molecule is CCN(Cc1ccccc1)C(=O)c1cccc(CCC(C)(C)O)c1. The summed E-state index contributed by atoms with van der Waals surface area (Å²) in [7, 11) is 0. The predicted octanol–water partition coefficient (Wildman–Crippen LogP) is 4.05. The van der Waals surface area contributed by atoms with Crippen molar-refractivity contribution in [2.45, 2.75) is 45.8 Å². The zero-order valence-electron chi connectivity index (χ0n) is 14.8. The quantitative estimate of drug-likeness (QED) is 0.834. The number of carbonyl (C=O) groups excluding carboxylic acids is 1. The number of amides is 1. The Morgan fingerprint density at radius 3 is 2.33 bits per heavy atom. The van der Waals surface area contributed by atoms with Gasteiger partial charge in [-0.1, -0.05) is 42.5 Å². The number of hydrogen-bond acceptors (Lipinski definition) is 2. The molecule has 24 heavy (non-hydrogen) atoms. The molecule has 1 N–H and O–H groups in total. The molecule has 3 heteroatoms. The summed E-state index contributed by atoms with van der Waals surface area (Å²) in [6.07, 6.45) is 1.43. The minimum Gasteiger partial charge on any atom is -0.390 e. The minimum absolute atomic E-state index is 0.0476. The lowest BCUT2D eigenvalue weighted by molar-refractivity contribution is 0.0714. The number of benzene rings is 2. The molecule has 0 saturated heterocycles. The standard InChI is InChI=1S/C21H27NO2/c1-4-22(16-18-9-6-5-7-10-18)20(23)19-12-8-11-17(15-19)13-14-21(2,3)24/h5-12,15,24H,4,13-14,16H2,1-3H3. The van der Waals surface area contributed by atoms with E-state index in [0.717, 1.165) is 17.5 Å². The van der Waals surface area contributed by atoms with Crippen LogP contribution in [0.4, 0.5) is 0 Å². The van der Waals surface area contributed by atoms with Crippen molar-refractivity contribution in [2.75, 3.05) is 6.54 Å². The lowest BCUT2D eigenvalue weighted by Crippen LogP contribution is -2.30. The molecule has 2 rings (SSSR count). The van der Waals surface area contributed by atoms with Crippen LogP contribution in [-0.4, -0.2) is 28.1 Å². The average molecular weight is 325 g/mol. The van der Waals surface area contributed by atoms with E-state index in [0.29, 0.717) is 25.1 Å². The molecule has 128 valence electrons. The Morgan fingerprint density at radius 1 is 1.04 bits per heavy atom. The first-order valence-electron chi connectivity index (χ1n) is 8.53. The highest BCUT2D eigenvalue weighted by molar-refractivity contribution is 5.94. The van der Waals surface area contributed by atoms with Crippen LogP contribution in [0.3, 0.4) is 0 Å². The third kappa shape index (κ3) is 5.50. The molecule has 3 nitrogen and oxygen atoms in total. The second-order valence-electron chi connectivity index (χ2n) is 6.82. The van der Waals surface area contributed by atoms with Crippen LogP contribution in [0.25, 0.3) is 0 Å². The van der Waals surface area contributed by atoms with Gasteiger partial charge in [0.25, 0.3) is 5.91 Å². The van der Waals surface area contributed by atoms with E-state index in [9.17, 15) is 9.90 Å². The largest absolute Gasteiger partial charge is 0.390 e. The van der Waals surface area contributed by atoms with Crippen LogP contribution in [0.5, 0.6) is 0 Å². The second kappa shape index (κ2) is 8.11. The summed E-state index contributed by atoms with van der Waals surface area (Å²) in [6, 6.07) is 17.8. The molecule has 0 unspecified atom stereocenters. The monoisotopic (exact) mass is 325 g/mol. The Balaban J connectivity index is 2.09. The molecule has 0 heterocycles. The molecule has 0 atom stereocenters. The lowest BCUT2D eigenvalue weighted by Gasteiger charge is -2.22. The van der Waals surface area contributed by atoms with Gasteiger partial charge in [0.2, 0.25) is 0 Å². The number of hydrogen-bond donors (Lipinski definition) is 1. The molecule has 0 aliphatic heterocycles. The fourth-order valence-electron chi connectivity index (χ4n) is 2.62. The molecular weight excluding hydrogens is 298 g/mol. The smallest absolute Gasteiger partial charge is 0.254 e. The van der Waals surface area contributed by atoms with Gasteiger partial charge >= 0.3 is 0 Å². The number of carbonyl (C=O) groups is 1. The third-order valence-corrected chi connectivity index (χ3v) is 4.08. The third-order valence-electron chi connectivity index (χ3n) is 4.08. The zero-order chi connectivity index (χ0) is 17.6. The van der Waals surface area contributed by atoms with Crippen molar-refractivity contribution < 1.29 is 9.90 Å². The van der Waals surface area contributed by atoms with Gasteiger partial charge in [0.05, 0.1) is 5.60 Å². The number of aryl methyl sites for hydroxylation is 1. The molecule has 0 bridgehead atoms. The first kappa shape index (κ1) is 18.2. The Morgan fingerprint density at radius 2 is 1.71 bits per heavy atom. The molecular formula is C21H27NO2. The average Bonchev–Trinajstić information content (AvgIpc) is 2.58. The lowest BCUT2D eigenvalue weighted by atomic mass is 9.97. The van der Waals surface area contributed by atoms with Crippen LogP contribution in [0.15, 0.2) is 54.6 Å². The summed E-state index contributed by atoms with van der Waals surface area (Å²) in [6.45, 7) is 6.89. The summed E-state index contributed by atoms with van der Waals surface area (Å²) >= 11 is 0. The van der Waals surface area contributed by atoms with Crippen molar-refractivity contribution in [3.63, 3.8) is 0 Å². The van der Waals surface area contributed by atoms with Crippen molar-refractivity contribution in [2.24, 2.45) is 0 Å². The molecule has 0 fully saturated rings. The zero-order valence-corrected chi connectivity index (χ0v) is 14.8. The van der Waals surface area contributed by atoms with E-state index in [-0.39, 0.29) is 5.91 Å². The van der Waals surface area contributed by atoms with Gasteiger partial charge in [0, 0.05) is 18.7 Å². The van der Waals surface area contributed by atoms with Gasteiger partial charge in [-0.05, 0) is 56.9 Å². The summed E-state index contributed by atoms with van der Waals surface area (Å²) in [4.78, 5) is 14.7. The Labute approximate surface area is 144 Å². The van der Waals surface area contributed by atoms with Crippen LogP contribution in [0.2, 0.25) is 0 Å². The van der Waals surface area contributed by atoms with Crippen molar-refractivity contribution in [3.05, 3.63) is 71.3 Å². The van der Waals surface area contributed by atoms with Gasteiger partial charge < -0.3 is 10.0 Å². The van der Waals surface area contributed by atoms with Gasteiger partial charge in [-0.15, -0.1) is 0 Å². The van der Waals surface area contributed by atoms with Gasteiger partial charge in [-0.2, -0.15) is 0 Å². The van der Waals surface area contributed by atoms with Gasteiger partial charge in [0.1, 0.15) is 0 Å². The van der Waals surface area contributed by atoms with Gasteiger partial charge in [-0.3, -0.25) is 4.79 Å². The van der Waals surface area contributed by atoms with E-state index in [1.807, 2.05) is 66.4 Å². The molecule has 1 amide bonds. The number of nitrogens with zero attached hydrogens (tertiary/aromatic N) is 1. The van der Waals surface area contributed by atoms with Crippen molar-refractivity contribution in [3.8, 4) is 0 Å². The van der Waals surface area contributed by atoms with Crippen molar-refractivity contribution in [1.82, 2.24) is 4.90 Å². The number of rotatable bonds is 7. The first-order chi connectivity index (χ1) is 11.4. The fraction of sp³-hybridized carbons (Fsp3) is 0.381. The molecule has 0 spiro atoms. The van der Waals surface area contributed by atoms with E-state index in [1.54, 1.807) is 13.8 Å². The second-order valence-corrected chi connectivity index (χ2v) is 6.82. The van der Waals surface area contributed by atoms with Gasteiger partial charge in [0.15, 0.2) is 0 Å².